The number of ketones is 1. The summed E-state index contributed by atoms with van der Waals surface area (Å²) in [5.74, 6) is 0.117. The summed E-state index contributed by atoms with van der Waals surface area (Å²) in [6.45, 7) is 3.58. The predicted octanol–water partition coefficient (Wildman–Crippen LogP) is 3.78. The van der Waals surface area contributed by atoms with Crippen molar-refractivity contribution in [1.82, 2.24) is 0 Å². The summed E-state index contributed by atoms with van der Waals surface area (Å²) in [5, 5.41) is 0. The van der Waals surface area contributed by atoms with Gasteiger partial charge in [-0.1, -0.05) is 50.1 Å². The summed E-state index contributed by atoms with van der Waals surface area (Å²) in [4.78, 5) is 10.9. The Morgan fingerprint density at radius 2 is 2.08 bits per heavy atom. The molecule has 0 spiro atoms. The minimum Gasteiger partial charge on any atom is -0.298 e. The fraction of sp³-hybridized carbons (Fsp3) is 0.300. The Hall–Kier alpha value is -0.150. The number of carbonyl (C=O) groups excluding carboxylic acids is 1. The lowest BCUT2D eigenvalue weighted by molar-refractivity contribution is -0.116. The van der Waals surface area contributed by atoms with E-state index in [1.54, 1.807) is 6.92 Å². The van der Waals surface area contributed by atoms with E-state index in [1.807, 2.05) is 25.1 Å². The van der Waals surface area contributed by atoms with Crippen molar-refractivity contribution in [2.75, 3.05) is 0 Å². The highest BCUT2D eigenvalue weighted by Gasteiger charge is 2.15. The minimum absolute atomic E-state index is 0.117. The molecule has 0 amide bonds. The molecule has 0 radical (unpaired) electrons. The number of hydrogen-bond acceptors (Lipinski definition) is 1. The maximum Gasteiger partial charge on any atom is 0.147 e. The monoisotopic (exact) mass is 304 g/mol. The maximum absolute atomic E-state index is 11.1. The second-order valence-corrected chi connectivity index (χ2v) is 4.66. The number of carbonyl (C=O) groups is 1. The van der Waals surface area contributed by atoms with Crippen LogP contribution in [0.2, 0.25) is 0 Å². The Kier molecular flexibility index (Phi) is 3.68. The first-order chi connectivity index (χ1) is 6.04. The minimum atomic E-state index is -0.207. The van der Waals surface area contributed by atoms with Crippen LogP contribution in [0.5, 0.6) is 0 Å². The van der Waals surface area contributed by atoms with E-state index in [0.717, 1.165) is 15.6 Å². The second-order valence-electron chi connectivity index (χ2n) is 2.95. The van der Waals surface area contributed by atoms with Crippen molar-refractivity contribution in [3.05, 3.63) is 33.8 Å². The molecule has 3 heteroatoms. The molecule has 0 N–H and O–H groups in total. The molecule has 1 aromatic rings. The molecule has 1 atom stereocenters. The van der Waals surface area contributed by atoms with Gasteiger partial charge in [0.1, 0.15) is 5.78 Å². The Bertz CT molecular complexity index is 334. The van der Waals surface area contributed by atoms with E-state index in [2.05, 4.69) is 31.9 Å². The van der Waals surface area contributed by atoms with Crippen molar-refractivity contribution < 1.29 is 4.79 Å². The summed E-state index contributed by atoms with van der Waals surface area (Å²) >= 11 is 6.82. The molecule has 0 aliphatic carbocycles. The molecule has 1 nitrogen and oxygen atoms in total. The third kappa shape index (κ3) is 2.41. The van der Waals surface area contributed by atoms with Crippen molar-refractivity contribution in [2.45, 2.75) is 18.7 Å². The summed E-state index contributed by atoms with van der Waals surface area (Å²) in [6, 6.07) is 5.90. The van der Waals surface area contributed by atoms with Crippen molar-refractivity contribution >= 4 is 37.6 Å². The van der Waals surface area contributed by atoms with Gasteiger partial charge in [-0.25, -0.2) is 0 Å². The zero-order chi connectivity index (χ0) is 10.0. The van der Waals surface area contributed by atoms with E-state index in [1.165, 1.54) is 0 Å². The maximum atomic E-state index is 11.1. The lowest BCUT2D eigenvalue weighted by Crippen LogP contribution is -2.02. The molecule has 1 aromatic carbocycles. The normalized spacial score (nSPS) is 12.6. The smallest absolute Gasteiger partial charge is 0.147 e. The van der Waals surface area contributed by atoms with E-state index in [9.17, 15) is 4.79 Å². The molecule has 13 heavy (non-hydrogen) atoms. The molecule has 0 aliphatic rings. The number of benzene rings is 1. The van der Waals surface area contributed by atoms with E-state index in [0.29, 0.717) is 0 Å². The average molecular weight is 306 g/mol. The molecular formula is C10H10Br2O. The van der Waals surface area contributed by atoms with E-state index >= 15 is 0 Å². The van der Waals surface area contributed by atoms with Crippen molar-refractivity contribution in [1.29, 1.82) is 0 Å². The third-order valence-corrected chi connectivity index (χ3v) is 4.07. The molecule has 0 fully saturated rings. The highest BCUT2D eigenvalue weighted by molar-refractivity contribution is 9.11. The molecule has 0 bridgehead atoms. The van der Waals surface area contributed by atoms with Gasteiger partial charge < -0.3 is 0 Å². The average Bonchev–Trinajstić information content (AvgIpc) is 2.08. The fourth-order valence-electron chi connectivity index (χ4n) is 1.08. The molecule has 0 aromatic heterocycles. The fourth-order valence-corrected chi connectivity index (χ4v) is 2.27. The summed E-state index contributed by atoms with van der Waals surface area (Å²) < 4.78 is 1.01. The van der Waals surface area contributed by atoms with Crippen LogP contribution in [0.4, 0.5) is 0 Å². The van der Waals surface area contributed by atoms with Crippen molar-refractivity contribution in [3.8, 4) is 0 Å². The molecular weight excluding hydrogens is 296 g/mol. The first-order valence-electron chi connectivity index (χ1n) is 3.93. The molecule has 0 heterocycles. The van der Waals surface area contributed by atoms with Crippen LogP contribution in [0.3, 0.4) is 0 Å². The van der Waals surface area contributed by atoms with Gasteiger partial charge in [0, 0.05) is 4.47 Å². The second kappa shape index (κ2) is 4.38. The third-order valence-electron chi connectivity index (χ3n) is 1.85. The van der Waals surface area contributed by atoms with Gasteiger partial charge in [-0.15, -0.1) is 0 Å². The number of hydrogen-bond donors (Lipinski definition) is 0. The Balaban J connectivity index is 3.15. The summed E-state index contributed by atoms with van der Waals surface area (Å²) in [6.07, 6.45) is 0. The first-order valence-corrected chi connectivity index (χ1v) is 5.64. The number of halogens is 2. The van der Waals surface area contributed by atoms with Crippen LogP contribution in [-0.4, -0.2) is 5.78 Å². The zero-order valence-corrected chi connectivity index (χ0v) is 10.6. The van der Waals surface area contributed by atoms with Crippen LogP contribution in [0.15, 0.2) is 22.7 Å². The molecule has 1 rings (SSSR count). The molecule has 0 saturated heterocycles. The largest absolute Gasteiger partial charge is 0.298 e. The van der Waals surface area contributed by atoms with Gasteiger partial charge in [-0.05, 0) is 25.0 Å². The van der Waals surface area contributed by atoms with Crippen LogP contribution in [0.1, 0.15) is 22.9 Å². The van der Waals surface area contributed by atoms with Crippen LogP contribution in [0.25, 0.3) is 0 Å². The number of rotatable bonds is 2. The summed E-state index contributed by atoms with van der Waals surface area (Å²) in [7, 11) is 0. The van der Waals surface area contributed by atoms with Gasteiger partial charge in [-0.2, -0.15) is 0 Å². The first kappa shape index (κ1) is 10.9. The van der Waals surface area contributed by atoms with Gasteiger partial charge in [0.05, 0.1) is 4.83 Å². The summed E-state index contributed by atoms with van der Waals surface area (Å²) in [5.41, 5.74) is 2.13. The zero-order valence-electron chi connectivity index (χ0n) is 7.47. The molecule has 0 saturated carbocycles. The standard InChI is InChI=1S/C10H10Br2O/c1-6-4-3-5-8(9(6)11)10(12)7(2)13/h3-5,10H,1-2H3. The highest BCUT2D eigenvalue weighted by atomic mass is 79.9. The predicted molar refractivity (Wildman–Crippen MR) is 61.2 cm³/mol. The molecule has 70 valence electrons. The lowest BCUT2D eigenvalue weighted by atomic mass is 10.1. The van der Waals surface area contributed by atoms with Crippen LogP contribution in [0, 0.1) is 6.92 Å². The Labute approximate surface area is 94.8 Å². The Morgan fingerprint density at radius 1 is 1.46 bits per heavy atom. The van der Waals surface area contributed by atoms with E-state index in [-0.39, 0.29) is 10.6 Å². The Morgan fingerprint density at radius 3 is 2.62 bits per heavy atom. The van der Waals surface area contributed by atoms with Crippen molar-refractivity contribution in [2.24, 2.45) is 0 Å². The van der Waals surface area contributed by atoms with E-state index < -0.39 is 0 Å². The number of alkyl halides is 1. The molecule has 1 unspecified atom stereocenters. The highest BCUT2D eigenvalue weighted by Crippen LogP contribution is 2.32. The van der Waals surface area contributed by atoms with Crippen molar-refractivity contribution in [3.63, 3.8) is 0 Å². The lowest BCUT2D eigenvalue weighted by Gasteiger charge is -2.10. The number of Topliss-reactive ketones (excluding diaryl/α,β-unsaturated/α-hetero) is 1. The number of aryl methyl sites for hydroxylation is 1. The van der Waals surface area contributed by atoms with Gasteiger partial charge in [-0.3, -0.25) is 4.79 Å². The van der Waals surface area contributed by atoms with Gasteiger partial charge in [0.2, 0.25) is 0 Å². The van der Waals surface area contributed by atoms with Gasteiger partial charge >= 0.3 is 0 Å². The van der Waals surface area contributed by atoms with Crippen LogP contribution >= 0.6 is 31.9 Å². The van der Waals surface area contributed by atoms with Gasteiger partial charge in [0.15, 0.2) is 0 Å². The van der Waals surface area contributed by atoms with E-state index in [4.69, 9.17) is 0 Å². The van der Waals surface area contributed by atoms with Crippen LogP contribution in [-0.2, 0) is 4.79 Å². The molecule has 0 aliphatic heterocycles. The quantitative estimate of drug-likeness (QED) is 0.760. The topological polar surface area (TPSA) is 17.1 Å². The van der Waals surface area contributed by atoms with Gasteiger partial charge in [0.25, 0.3) is 0 Å². The SMILES string of the molecule is CC(=O)C(Br)c1cccc(C)c1Br. The van der Waals surface area contributed by atoms with Crippen LogP contribution < -0.4 is 0 Å².